The van der Waals surface area contributed by atoms with Crippen molar-refractivity contribution in [1.29, 1.82) is 0 Å². The lowest BCUT2D eigenvalue weighted by Crippen LogP contribution is -2.50. The molecule has 0 radical (unpaired) electrons. The quantitative estimate of drug-likeness (QED) is 0.628. The van der Waals surface area contributed by atoms with Crippen LogP contribution in [0.15, 0.2) is 47.3 Å². The number of carbonyl (C=O) groups excluding carboxylic acids is 1. The Kier molecular flexibility index (Phi) is 7.22. The number of carbonyl (C=O) groups is 1. The molecule has 3 aliphatic rings. The van der Waals surface area contributed by atoms with Gasteiger partial charge in [-0.15, -0.1) is 0 Å². The van der Waals surface area contributed by atoms with Crippen molar-refractivity contribution in [3.63, 3.8) is 0 Å². The van der Waals surface area contributed by atoms with Gasteiger partial charge in [-0.2, -0.15) is 0 Å². The fraction of sp³-hybridized carbons (Fsp3) is 0.556. The molecule has 2 N–H and O–H groups in total. The van der Waals surface area contributed by atoms with E-state index < -0.39 is 12.2 Å². The van der Waals surface area contributed by atoms with Crippen LogP contribution >= 0.6 is 0 Å². The molecule has 5 atom stereocenters. The van der Waals surface area contributed by atoms with E-state index in [1.165, 1.54) is 0 Å². The van der Waals surface area contributed by atoms with E-state index in [-0.39, 0.29) is 17.6 Å². The number of aliphatic hydroxyl groups is 1. The monoisotopic (exact) mass is 481 g/mol. The van der Waals surface area contributed by atoms with Gasteiger partial charge in [0.25, 0.3) is 11.5 Å². The van der Waals surface area contributed by atoms with Crippen molar-refractivity contribution < 1.29 is 19.4 Å². The number of fused-ring (bicyclic) bond motifs is 4. The number of nitrogens with one attached hydrogen (secondary N) is 1. The van der Waals surface area contributed by atoms with Crippen LogP contribution in [0.25, 0.3) is 0 Å². The van der Waals surface area contributed by atoms with Crippen LogP contribution < -0.4 is 15.6 Å². The highest BCUT2D eigenvalue weighted by Crippen LogP contribution is 2.35. The second kappa shape index (κ2) is 10.5. The van der Waals surface area contributed by atoms with E-state index in [0.29, 0.717) is 24.8 Å². The van der Waals surface area contributed by atoms with Crippen molar-refractivity contribution in [1.82, 2.24) is 14.8 Å². The van der Waals surface area contributed by atoms with E-state index in [2.05, 4.69) is 16.3 Å². The van der Waals surface area contributed by atoms with Crippen LogP contribution in [0.3, 0.4) is 0 Å². The van der Waals surface area contributed by atoms with Crippen molar-refractivity contribution in [3.8, 4) is 5.75 Å². The summed E-state index contributed by atoms with van der Waals surface area (Å²) in [5.41, 5.74) is 2.22. The standard InChI is InChI=1S/C27H35N3O5/c1-34-21-7-5-18(6-8-21)14-28-27(33)26-24(31)10-9-22(35-26)11-12-29-15-19-13-20(17-29)23-3-2-4-25(32)30(23)16-19/h2-8,19-20,22,24,26,31H,9-17H2,1H3,(H,28,33)/t19-,20+,22-,24-,26-/m0/s1. The predicted molar refractivity (Wildman–Crippen MR) is 131 cm³/mol. The number of hydrogen-bond acceptors (Lipinski definition) is 6. The summed E-state index contributed by atoms with van der Waals surface area (Å²) in [6, 6.07) is 13.1. The molecule has 0 aliphatic carbocycles. The fourth-order valence-electron chi connectivity index (χ4n) is 5.86. The lowest BCUT2D eigenvalue weighted by Gasteiger charge is -2.43. The summed E-state index contributed by atoms with van der Waals surface area (Å²) in [5, 5.41) is 13.3. The summed E-state index contributed by atoms with van der Waals surface area (Å²) in [6.07, 6.45) is 1.61. The number of piperidine rings is 1. The summed E-state index contributed by atoms with van der Waals surface area (Å²) in [5.74, 6) is 1.38. The van der Waals surface area contributed by atoms with Gasteiger partial charge in [-0.05, 0) is 55.4 Å². The second-order valence-electron chi connectivity index (χ2n) is 10.1. The molecular formula is C27H35N3O5. The van der Waals surface area contributed by atoms with Crippen LogP contribution in [-0.4, -0.2) is 65.5 Å². The van der Waals surface area contributed by atoms with Gasteiger partial charge >= 0.3 is 0 Å². The Balaban J connectivity index is 1.12. The Morgan fingerprint density at radius 1 is 1.14 bits per heavy atom. The molecule has 0 saturated carbocycles. The zero-order chi connectivity index (χ0) is 24.4. The number of aromatic nitrogens is 1. The Morgan fingerprint density at radius 3 is 2.77 bits per heavy atom. The number of rotatable bonds is 7. The molecule has 188 valence electrons. The van der Waals surface area contributed by atoms with Crippen LogP contribution in [0.5, 0.6) is 5.75 Å². The smallest absolute Gasteiger partial charge is 0.252 e. The lowest BCUT2D eigenvalue weighted by molar-refractivity contribution is -0.159. The van der Waals surface area contributed by atoms with Gasteiger partial charge in [0.15, 0.2) is 6.10 Å². The van der Waals surface area contributed by atoms with Gasteiger partial charge in [0, 0.05) is 50.4 Å². The maximum atomic E-state index is 12.8. The zero-order valence-electron chi connectivity index (χ0n) is 20.3. The Hall–Kier alpha value is -2.68. The van der Waals surface area contributed by atoms with E-state index >= 15 is 0 Å². The molecule has 1 amide bonds. The number of benzene rings is 1. The van der Waals surface area contributed by atoms with Gasteiger partial charge in [-0.25, -0.2) is 0 Å². The summed E-state index contributed by atoms with van der Waals surface area (Å²) >= 11 is 0. The number of pyridine rings is 1. The molecule has 1 aromatic heterocycles. The SMILES string of the molecule is COc1ccc(CNC(=O)[C@H]2O[C@H](CCN3C[C@@H]4C[C@H](C3)c3cccc(=O)n3C4)CC[C@@H]2O)cc1. The molecular weight excluding hydrogens is 446 g/mol. The average Bonchev–Trinajstić information content (AvgIpc) is 2.87. The molecule has 2 fully saturated rings. The summed E-state index contributed by atoms with van der Waals surface area (Å²) in [6.45, 7) is 4.00. The van der Waals surface area contributed by atoms with E-state index in [1.807, 2.05) is 34.9 Å². The normalized spacial score (nSPS) is 28.2. The lowest BCUT2D eigenvalue weighted by atomic mass is 9.83. The Bertz CT molecular complexity index is 1080. The highest BCUT2D eigenvalue weighted by molar-refractivity contribution is 5.81. The van der Waals surface area contributed by atoms with Crippen molar-refractivity contribution in [2.24, 2.45) is 5.92 Å². The first kappa shape index (κ1) is 24.0. The van der Waals surface area contributed by atoms with E-state index in [9.17, 15) is 14.7 Å². The topological polar surface area (TPSA) is 93.0 Å². The first-order chi connectivity index (χ1) is 17.0. The minimum absolute atomic E-state index is 0.0493. The molecule has 35 heavy (non-hydrogen) atoms. The second-order valence-corrected chi connectivity index (χ2v) is 10.1. The number of nitrogens with zero attached hydrogens (tertiary/aromatic N) is 2. The molecule has 4 heterocycles. The summed E-state index contributed by atoms with van der Waals surface area (Å²) in [7, 11) is 1.62. The number of likely N-dealkylation sites (tertiary alicyclic amines) is 1. The molecule has 8 nitrogen and oxygen atoms in total. The van der Waals surface area contributed by atoms with E-state index in [4.69, 9.17) is 9.47 Å². The molecule has 0 spiro atoms. The molecule has 2 bridgehead atoms. The van der Waals surface area contributed by atoms with E-state index in [1.54, 1.807) is 13.2 Å². The first-order valence-corrected chi connectivity index (χ1v) is 12.7. The molecule has 5 rings (SSSR count). The maximum Gasteiger partial charge on any atom is 0.252 e. The van der Waals surface area contributed by atoms with Gasteiger partial charge in [-0.1, -0.05) is 18.2 Å². The van der Waals surface area contributed by atoms with Gasteiger partial charge in [0.2, 0.25) is 0 Å². The molecule has 8 heteroatoms. The third kappa shape index (κ3) is 5.44. The Labute approximate surface area is 205 Å². The fourth-order valence-corrected chi connectivity index (χ4v) is 5.86. The molecule has 3 aliphatic heterocycles. The molecule has 0 unspecified atom stereocenters. The predicted octanol–water partition coefficient (Wildman–Crippen LogP) is 1.89. The summed E-state index contributed by atoms with van der Waals surface area (Å²) < 4.78 is 13.2. The molecule has 2 aromatic rings. The highest BCUT2D eigenvalue weighted by atomic mass is 16.5. The molecule has 1 aromatic carbocycles. The zero-order valence-corrected chi connectivity index (χ0v) is 20.3. The number of methoxy groups -OCH3 is 1. The first-order valence-electron chi connectivity index (χ1n) is 12.7. The minimum Gasteiger partial charge on any atom is -0.497 e. The van der Waals surface area contributed by atoms with Crippen LogP contribution in [0.2, 0.25) is 0 Å². The van der Waals surface area contributed by atoms with Crippen molar-refractivity contribution >= 4 is 5.91 Å². The van der Waals surface area contributed by atoms with Crippen LogP contribution in [0, 0.1) is 5.92 Å². The number of aliphatic hydroxyl groups excluding tert-OH is 1. The van der Waals surface area contributed by atoms with Gasteiger partial charge in [-0.3, -0.25) is 9.59 Å². The van der Waals surface area contributed by atoms with Crippen LogP contribution in [0.1, 0.15) is 42.9 Å². The van der Waals surface area contributed by atoms with Crippen molar-refractivity contribution in [2.75, 3.05) is 26.7 Å². The van der Waals surface area contributed by atoms with E-state index in [0.717, 1.165) is 62.4 Å². The number of amides is 1. The summed E-state index contributed by atoms with van der Waals surface area (Å²) in [4.78, 5) is 27.5. The minimum atomic E-state index is -0.841. The highest BCUT2D eigenvalue weighted by Gasteiger charge is 2.37. The number of ether oxygens (including phenoxy) is 2. The van der Waals surface area contributed by atoms with Gasteiger partial charge < -0.3 is 29.4 Å². The van der Waals surface area contributed by atoms with Crippen molar-refractivity contribution in [2.45, 2.75) is 63.0 Å². The largest absolute Gasteiger partial charge is 0.497 e. The third-order valence-corrected chi connectivity index (χ3v) is 7.68. The average molecular weight is 482 g/mol. The van der Waals surface area contributed by atoms with Crippen LogP contribution in [-0.2, 0) is 22.6 Å². The van der Waals surface area contributed by atoms with Gasteiger partial charge in [0.1, 0.15) is 5.75 Å². The molecule has 2 saturated heterocycles. The Morgan fingerprint density at radius 2 is 1.97 bits per heavy atom. The van der Waals surface area contributed by atoms with Crippen LogP contribution in [0.4, 0.5) is 0 Å². The van der Waals surface area contributed by atoms with Crippen molar-refractivity contribution in [3.05, 3.63) is 64.1 Å². The van der Waals surface area contributed by atoms with Gasteiger partial charge in [0.05, 0.1) is 19.3 Å². The maximum absolute atomic E-state index is 12.8. The third-order valence-electron chi connectivity index (χ3n) is 7.68. The number of hydrogen-bond donors (Lipinski definition) is 2.